The molecule has 2 N–H and O–H groups in total. The molecule has 1 unspecified atom stereocenters. The van der Waals surface area contributed by atoms with Crippen LogP contribution < -0.4 is 10.0 Å². The smallest absolute Gasteiger partial charge is 0.271 e. The molecule has 0 bridgehead atoms. The number of likely N-dealkylation sites (tertiary alicyclic amines) is 1. The van der Waals surface area contributed by atoms with Crippen molar-refractivity contribution in [3.8, 4) is 0 Å². The summed E-state index contributed by atoms with van der Waals surface area (Å²) >= 11 is 0. The van der Waals surface area contributed by atoms with Gasteiger partial charge in [0, 0.05) is 33.9 Å². The molecule has 1 atom stereocenters. The monoisotopic (exact) mass is 368 g/mol. The Hall–Kier alpha value is -2.40. The summed E-state index contributed by atoms with van der Waals surface area (Å²) in [5.41, 5.74) is 0.239. The van der Waals surface area contributed by atoms with Crippen molar-refractivity contribution in [2.24, 2.45) is 12.2 Å². The maximum absolute atomic E-state index is 12.9. The van der Waals surface area contributed by atoms with Crippen LogP contribution in [0.4, 0.5) is 5.95 Å². The number of sulfonamides is 1. The predicted octanol–water partition coefficient (Wildman–Crippen LogP) is 0.0988. The highest BCUT2D eigenvalue weighted by Gasteiger charge is 2.36. The molecule has 1 aliphatic heterocycles. The molecule has 136 valence electrons. The molecule has 1 saturated heterocycles. The van der Waals surface area contributed by atoms with Gasteiger partial charge in [0.2, 0.25) is 10.0 Å². The summed E-state index contributed by atoms with van der Waals surface area (Å²) in [6.45, 7) is 0.527. The highest BCUT2D eigenvalue weighted by atomic mass is 32.2. The van der Waals surface area contributed by atoms with Crippen LogP contribution in [0.25, 0.3) is 0 Å². The van der Waals surface area contributed by atoms with Gasteiger partial charge in [-0.25, -0.2) is 13.6 Å². The molecule has 1 fully saturated rings. The lowest BCUT2D eigenvalue weighted by Crippen LogP contribution is -2.32. The lowest BCUT2D eigenvalue weighted by molar-refractivity contribution is 0.0700. The molecule has 0 spiro atoms. The molecule has 0 saturated carbocycles. The van der Waals surface area contributed by atoms with Crippen molar-refractivity contribution < 1.29 is 17.7 Å². The second kappa shape index (κ2) is 6.15. The van der Waals surface area contributed by atoms with Crippen molar-refractivity contribution >= 4 is 21.9 Å². The molecule has 1 amide bonds. The number of aromatic nitrogens is 3. The van der Waals surface area contributed by atoms with E-state index in [1.165, 1.54) is 16.8 Å². The lowest BCUT2D eigenvalue weighted by Gasteiger charge is -2.22. The number of anilines is 1. The van der Waals surface area contributed by atoms with Gasteiger partial charge < -0.3 is 18.9 Å². The number of primary sulfonamides is 1. The first kappa shape index (κ1) is 17.4. The van der Waals surface area contributed by atoms with Gasteiger partial charge in [0.25, 0.3) is 17.7 Å². The van der Waals surface area contributed by atoms with E-state index in [0.717, 1.165) is 6.42 Å². The zero-order chi connectivity index (χ0) is 18.4. The van der Waals surface area contributed by atoms with Gasteiger partial charge in [0.1, 0.15) is 16.6 Å². The summed E-state index contributed by atoms with van der Waals surface area (Å²) in [4.78, 5) is 20.5. The van der Waals surface area contributed by atoms with Gasteiger partial charge in [-0.2, -0.15) is 4.98 Å². The van der Waals surface area contributed by atoms with Gasteiger partial charge in [0.05, 0.1) is 0 Å². The van der Waals surface area contributed by atoms with E-state index in [1.54, 1.807) is 30.9 Å². The molecular formula is C14H20N6O4S. The molecule has 0 aromatic carbocycles. The standard InChI is InChI=1S/C14H20N6O4S/c1-18(2)14-16-12(24-17-14)10-5-4-6-20(10)13(21)11-7-9(8-19(11)3)25(15,22)23/h7-8,10H,4-6H2,1-3H3,(H2,15,22,23). The SMILES string of the molecule is CN(C)c1noc(C2CCCN2C(=O)c2cc(S(N)(=O)=O)cn2C)n1. The molecule has 3 heterocycles. The van der Waals surface area contributed by atoms with Crippen molar-refractivity contribution in [3.05, 3.63) is 23.8 Å². The first-order valence-electron chi connectivity index (χ1n) is 7.69. The average Bonchev–Trinajstić information content (AvgIpc) is 3.24. The van der Waals surface area contributed by atoms with Gasteiger partial charge in [-0.15, -0.1) is 0 Å². The van der Waals surface area contributed by atoms with Gasteiger partial charge in [0.15, 0.2) is 0 Å². The summed E-state index contributed by atoms with van der Waals surface area (Å²) in [5.74, 6) is 0.504. The summed E-state index contributed by atoms with van der Waals surface area (Å²) < 4.78 is 29.7. The van der Waals surface area contributed by atoms with E-state index in [1.807, 2.05) is 0 Å². The van der Waals surface area contributed by atoms with Crippen LogP contribution in [-0.4, -0.2) is 54.6 Å². The number of nitrogens with zero attached hydrogens (tertiary/aromatic N) is 5. The highest BCUT2D eigenvalue weighted by Crippen LogP contribution is 2.33. The van der Waals surface area contributed by atoms with E-state index >= 15 is 0 Å². The Labute approximate surface area is 145 Å². The van der Waals surface area contributed by atoms with Crippen molar-refractivity contribution in [2.45, 2.75) is 23.8 Å². The van der Waals surface area contributed by atoms with Crippen LogP contribution in [0.1, 0.15) is 35.3 Å². The number of nitrogens with two attached hydrogens (primary N) is 1. The third-order valence-electron chi connectivity index (χ3n) is 4.16. The molecule has 0 radical (unpaired) electrons. The molecule has 11 heteroatoms. The molecular weight excluding hydrogens is 348 g/mol. The zero-order valence-corrected chi connectivity index (χ0v) is 15.0. The first-order valence-corrected chi connectivity index (χ1v) is 9.24. The Morgan fingerprint density at radius 2 is 2.16 bits per heavy atom. The zero-order valence-electron chi connectivity index (χ0n) is 14.2. The highest BCUT2D eigenvalue weighted by molar-refractivity contribution is 7.89. The van der Waals surface area contributed by atoms with Crippen LogP contribution in [0.3, 0.4) is 0 Å². The van der Waals surface area contributed by atoms with E-state index in [9.17, 15) is 13.2 Å². The first-order chi connectivity index (χ1) is 11.7. The summed E-state index contributed by atoms with van der Waals surface area (Å²) in [5, 5.41) is 9.02. The number of rotatable bonds is 4. The lowest BCUT2D eigenvalue weighted by atomic mass is 10.2. The number of carbonyl (C=O) groups excluding carboxylic acids is 1. The van der Waals surface area contributed by atoms with Crippen LogP contribution in [0.2, 0.25) is 0 Å². The number of amides is 1. The van der Waals surface area contributed by atoms with Gasteiger partial charge in [-0.1, -0.05) is 0 Å². The fourth-order valence-corrected chi connectivity index (χ4v) is 3.44. The van der Waals surface area contributed by atoms with Gasteiger partial charge in [-0.05, 0) is 24.1 Å². The van der Waals surface area contributed by atoms with E-state index in [-0.39, 0.29) is 22.5 Å². The molecule has 2 aromatic heterocycles. The third-order valence-corrected chi connectivity index (χ3v) is 5.04. The second-order valence-electron chi connectivity index (χ2n) is 6.20. The maximum atomic E-state index is 12.9. The number of hydrogen-bond acceptors (Lipinski definition) is 7. The van der Waals surface area contributed by atoms with Crippen LogP contribution in [0, 0.1) is 0 Å². The minimum atomic E-state index is -3.87. The number of hydrogen-bond donors (Lipinski definition) is 1. The maximum Gasteiger partial charge on any atom is 0.271 e. The van der Waals surface area contributed by atoms with Crippen LogP contribution in [-0.2, 0) is 17.1 Å². The molecule has 25 heavy (non-hydrogen) atoms. The van der Waals surface area contributed by atoms with Crippen LogP contribution >= 0.6 is 0 Å². The average molecular weight is 368 g/mol. The van der Waals surface area contributed by atoms with E-state index in [4.69, 9.17) is 9.66 Å². The number of aryl methyl sites for hydroxylation is 1. The van der Waals surface area contributed by atoms with Crippen LogP contribution in [0.5, 0.6) is 0 Å². The Bertz CT molecular complexity index is 900. The molecule has 3 rings (SSSR count). The Balaban J connectivity index is 1.89. The Morgan fingerprint density at radius 3 is 2.72 bits per heavy atom. The second-order valence-corrected chi connectivity index (χ2v) is 7.76. The minimum Gasteiger partial charge on any atom is -0.345 e. The van der Waals surface area contributed by atoms with Gasteiger partial charge in [-0.3, -0.25) is 4.79 Å². The van der Waals surface area contributed by atoms with Crippen molar-refractivity contribution in [1.82, 2.24) is 19.6 Å². The van der Waals surface area contributed by atoms with Crippen molar-refractivity contribution in [3.63, 3.8) is 0 Å². The normalized spacial score (nSPS) is 17.9. The van der Waals surface area contributed by atoms with Gasteiger partial charge >= 0.3 is 0 Å². The molecule has 2 aromatic rings. The summed E-state index contributed by atoms with van der Waals surface area (Å²) in [6, 6.07) is 0.952. The number of carbonyl (C=O) groups is 1. The minimum absolute atomic E-state index is 0.0956. The quantitative estimate of drug-likeness (QED) is 0.810. The van der Waals surface area contributed by atoms with Crippen molar-refractivity contribution in [2.75, 3.05) is 25.5 Å². The largest absolute Gasteiger partial charge is 0.345 e. The fourth-order valence-electron chi connectivity index (χ4n) is 2.86. The fraction of sp³-hybridized carbons (Fsp3) is 0.500. The Morgan fingerprint density at radius 1 is 1.44 bits per heavy atom. The van der Waals surface area contributed by atoms with E-state index < -0.39 is 10.0 Å². The van der Waals surface area contributed by atoms with E-state index in [2.05, 4.69) is 10.1 Å². The molecule has 10 nitrogen and oxygen atoms in total. The predicted molar refractivity (Wildman–Crippen MR) is 88.4 cm³/mol. The van der Waals surface area contributed by atoms with Crippen molar-refractivity contribution in [1.29, 1.82) is 0 Å². The topological polar surface area (TPSA) is 128 Å². The molecule has 0 aliphatic carbocycles. The Kier molecular flexibility index (Phi) is 4.29. The third kappa shape index (κ3) is 3.24. The summed E-state index contributed by atoms with van der Waals surface area (Å²) in [7, 11) is 1.32. The summed E-state index contributed by atoms with van der Waals surface area (Å²) in [6.07, 6.45) is 2.82. The van der Waals surface area contributed by atoms with E-state index in [0.29, 0.717) is 24.8 Å². The van der Waals surface area contributed by atoms with Crippen LogP contribution in [0.15, 0.2) is 21.7 Å². The molecule has 1 aliphatic rings.